The molecule has 3 nitrogen and oxygen atoms in total. The largest absolute Gasteiger partial charge is 0.309 e. The quantitative estimate of drug-likeness (QED) is 0.174. The minimum atomic E-state index is -0.250. The molecule has 0 N–H and O–H groups in total. The summed E-state index contributed by atoms with van der Waals surface area (Å²) in [6.45, 7) is 39.5. The van der Waals surface area contributed by atoms with Gasteiger partial charge in [-0.15, -0.1) is 11.3 Å². The molecule has 3 aromatic heterocycles. The van der Waals surface area contributed by atoms with E-state index in [9.17, 15) is 0 Å². The van der Waals surface area contributed by atoms with Crippen LogP contribution in [0.4, 0.5) is 0 Å². The normalized spacial score (nSPS) is 12.7. The number of hydrogen-bond acceptors (Lipinski definition) is 2. The van der Waals surface area contributed by atoms with Gasteiger partial charge < -0.3 is 9.13 Å². The van der Waals surface area contributed by atoms with Gasteiger partial charge in [0.2, 0.25) is 0 Å². The van der Waals surface area contributed by atoms with Crippen LogP contribution in [0.25, 0.3) is 86.3 Å². The molecule has 84 heavy (non-hydrogen) atoms. The fraction of sp³-hybridized carbons (Fsp3) is 0.312. The zero-order chi connectivity index (χ0) is 65.7. The number of hydrogen-bond donors (Lipinski definition) is 0. The monoisotopic (exact) mass is 1130 g/mol. The van der Waals surface area contributed by atoms with Gasteiger partial charge in [-0.25, -0.2) is 0 Å². The van der Waals surface area contributed by atoms with Crippen molar-refractivity contribution in [3.63, 3.8) is 0 Å². The van der Waals surface area contributed by atoms with Crippen molar-refractivity contribution >= 4 is 75.1 Å². The number of rotatable bonds is 3. The van der Waals surface area contributed by atoms with Crippen molar-refractivity contribution in [1.82, 2.24) is 9.13 Å². The highest BCUT2D eigenvalue weighted by molar-refractivity contribution is 7.26. The van der Waals surface area contributed by atoms with E-state index in [1.807, 2.05) is 53.7 Å². The van der Waals surface area contributed by atoms with E-state index >= 15 is 0 Å². The van der Waals surface area contributed by atoms with Crippen molar-refractivity contribution in [3.05, 3.63) is 228 Å². The summed E-state index contributed by atoms with van der Waals surface area (Å²) in [6.07, 6.45) is 0. The van der Waals surface area contributed by atoms with Gasteiger partial charge in [0.05, 0.1) is 33.6 Å². The summed E-state index contributed by atoms with van der Waals surface area (Å²) in [6, 6.07) is 66.9. The molecule has 4 heteroatoms. The minimum absolute atomic E-state index is 0.0310. The highest BCUT2D eigenvalue weighted by Crippen LogP contribution is 2.44. The Balaban J connectivity index is 0.000000171. The molecule has 0 aliphatic carbocycles. The van der Waals surface area contributed by atoms with Gasteiger partial charge in [0, 0.05) is 59.9 Å². The number of nitrogens with zero attached hydrogens (tertiary/aromatic N) is 3. The number of nitriles is 1. The van der Waals surface area contributed by atoms with Crippen LogP contribution in [0.3, 0.4) is 0 Å². The lowest BCUT2D eigenvalue weighted by Crippen LogP contribution is -2.11. The van der Waals surface area contributed by atoms with E-state index in [1.165, 1.54) is 81.8 Å². The van der Waals surface area contributed by atoms with Crippen LogP contribution in [0.5, 0.6) is 0 Å². The highest BCUT2D eigenvalue weighted by atomic mass is 32.1. The van der Waals surface area contributed by atoms with Gasteiger partial charge in [-0.2, -0.15) is 5.26 Å². The Morgan fingerprint density at radius 1 is 0.464 bits per heavy atom. The van der Waals surface area contributed by atoms with Gasteiger partial charge in [-0.1, -0.05) is 255 Å². The van der Waals surface area contributed by atoms with Crippen LogP contribution in [-0.2, 0) is 16.2 Å². The summed E-state index contributed by atoms with van der Waals surface area (Å²) in [5.41, 5.74) is 13.3. The van der Waals surface area contributed by atoms with Crippen LogP contribution < -0.4 is 0 Å². The molecule has 12 rings (SSSR count). The topological polar surface area (TPSA) is 33.6 Å². The standard InChI is InChI=1S/C23H22S.2C22H21N.C5H9N.2C4H10/c1-15-8-5-9-16(14-15)17-10-6-12-19-21(17)22-18(23(2,3)4)11-7-13-20(22)24-19;1-22(2,3)16-9-8-10-17(15-16)23-20-13-6-4-11-18(20)19-12-5-7-14-21(19)23;1-22(2,3)16-12-14-17(15-13-16)23-20-10-6-4-8-18(20)19-9-5-7-11-21(19)23;1-5(2,3)4-6;2*1-4(2)3/h5-14H,1-4H3;2*4-15H,1-3H3;1-3H3;2*4H,1-3H3/i5D,8D,9D,14D;;;;4D;. The SMILES string of the molecule is CC(C)(C)C#N.CC(C)(C)c1ccc(-n2c3ccccc3c3ccccc32)cc1.CC(C)(C)c1cccc(-n2c3ccccc3c3ccccc32)c1.CC(C)C.[2H]C(C)(C)C.[2H]c1c([2H])c(C)c([2H])c(-c2cccc3sc4cccc(C(C)(C)C)c4c23)c1[2H]. The van der Waals surface area contributed by atoms with E-state index in [-0.39, 0.29) is 51.7 Å². The lowest BCUT2D eigenvalue weighted by atomic mass is 9.83. The molecule has 0 bridgehead atoms. The molecule has 0 unspecified atom stereocenters. The van der Waals surface area contributed by atoms with Crippen molar-refractivity contribution < 1.29 is 6.85 Å². The first-order chi connectivity index (χ1) is 41.5. The first-order valence-corrected chi connectivity index (χ1v) is 30.5. The molecule has 0 aliphatic heterocycles. The summed E-state index contributed by atoms with van der Waals surface area (Å²) < 4.78 is 47.3. The molecule has 0 saturated heterocycles. The molecule has 0 amide bonds. The lowest BCUT2D eigenvalue weighted by Gasteiger charge is -2.21. The molecular formula is C80H93N3S. The van der Waals surface area contributed by atoms with Gasteiger partial charge in [0.15, 0.2) is 0 Å². The van der Waals surface area contributed by atoms with Crippen molar-refractivity contribution in [2.24, 2.45) is 17.2 Å². The second-order valence-corrected chi connectivity index (χ2v) is 28.2. The van der Waals surface area contributed by atoms with Crippen LogP contribution >= 0.6 is 11.3 Å². The Morgan fingerprint density at radius 3 is 1.30 bits per heavy atom. The van der Waals surface area contributed by atoms with Crippen LogP contribution in [0.15, 0.2) is 206 Å². The molecule has 0 fully saturated rings. The Hall–Kier alpha value is -7.71. The Kier molecular flexibility index (Phi) is 18.2. The maximum absolute atomic E-state index is 8.60. The number of benzene rings is 9. The summed E-state index contributed by atoms with van der Waals surface area (Å²) in [7, 11) is 0. The summed E-state index contributed by atoms with van der Waals surface area (Å²) in [5, 5.41) is 15.6. The Bertz CT molecular complexity index is 4310. The van der Waals surface area contributed by atoms with E-state index in [1.54, 1.807) is 18.3 Å². The van der Waals surface area contributed by atoms with Crippen LogP contribution in [0.2, 0.25) is 0 Å². The molecule has 12 aromatic rings. The average molecular weight is 1130 g/mol. The number of thiophene rings is 1. The van der Waals surface area contributed by atoms with E-state index in [0.29, 0.717) is 11.1 Å². The van der Waals surface area contributed by atoms with Gasteiger partial charge in [-0.3, -0.25) is 0 Å². The summed E-state index contributed by atoms with van der Waals surface area (Å²) >= 11 is 1.72. The third-order valence-electron chi connectivity index (χ3n) is 13.8. The predicted octanol–water partition coefficient (Wildman–Crippen LogP) is 24.4. The van der Waals surface area contributed by atoms with Crippen molar-refractivity contribution in [2.45, 2.75) is 148 Å². The molecule has 434 valence electrons. The zero-order valence-corrected chi connectivity index (χ0v) is 54.5. The maximum Gasteiger partial charge on any atom is 0.0680 e. The maximum atomic E-state index is 8.60. The second-order valence-electron chi connectivity index (χ2n) is 27.1. The van der Waals surface area contributed by atoms with E-state index < -0.39 is 0 Å². The van der Waals surface area contributed by atoms with Crippen LogP contribution in [-0.4, -0.2) is 9.13 Å². The van der Waals surface area contributed by atoms with Gasteiger partial charge in [0.25, 0.3) is 0 Å². The third kappa shape index (κ3) is 15.7. The van der Waals surface area contributed by atoms with Crippen molar-refractivity contribution in [3.8, 4) is 28.6 Å². The van der Waals surface area contributed by atoms with Crippen LogP contribution in [0.1, 0.15) is 154 Å². The van der Waals surface area contributed by atoms with Gasteiger partial charge in [-0.05, 0) is 144 Å². The summed E-state index contributed by atoms with van der Waals surface area (Å²) in [5.74, 6) is 0.583. The van der Waals surface area contributed by atoms with Gasteiger partial charge >= 0.3 is 0 Å². The van der Waals surface area contributed by atoms with E-state index in [0.717, 1.165) is 21.6 Å². The molecule has 0 spiro atoms. The lowest BCUT2D eigenvalue weighted by molar-refractivity contribution is 0.561. The Labute approximate surface area is 515 Å². The molecule has 0 aliphatic rings. The number of para-hydroxylation sites is 4. The predicted molar refractivity (Wildman–Crippen MR) is 373 cm³/mol. The van der Waals surface area contributed by atoms with E-state index in [4.69, 9.17) is 12.1 Å². The Morgan fingerprint density at radius 2 is 0.869 bits per heavy atom. The van der Waals surface area contributed by atoms with E-state index in [2.05, 4.69) is 268 Å². The first-order valence-electron chi connectivity index (χ1n) is 32.1. The van der Waals surface area contributed by atoms with Crippen molar-refractivity contribution in [2.75, 3.05) is 0 Å². The zero-order valence-electron chi connectivity index (χ0n) is 58.6. The first kappa shape index (κ1) is 56.8. The average Bonchev–Trinajstić information content (AvgIpc) is 1.69. The third-order valence-corrected chi connectivity index (χ3v) is 14.9. The number of aromatic nitrogens is 2. The minimum Gasteiger partial charge on any atom is -0.309 e. The van der Waals surface area contributed by atoms with Crippen molar-refractivity contribution in [1.29, 1.82) is 5.26 Å². The molecule has 9 aromatic carbocycles. The molecular weight excluding hydrogens is 1030 g/mol. The smallest absolute Gasteiger partial charge is 0.0680 e. The summed E-state index contributed by atoms with van der Waals surface area (Å²) in [4.78, 5) is 0. The molecule has 3 heterocycles. The number of fused-ring (bicyclic) bond motifs is 9. The van der Waals surface area contributed by atoms with Crippen LogP contribution in [0, 0.1) is 35.5 Å². The van der Waals surface area contributed by atoms with Gasteiger partial charge in [0.1, 0.15) is 0 Å². The highest BCUT2D eigenvalue weighted by Gasteiger charge is 2.22. The fourth-order valence-corrected chi connectivity index (χ4v) is 11.1. The fourth-order valence-electron chi connectivity index (χ4n) is 9.90. The molecule has 0 radical (unpaired) electrons. The molecule has 0 atom stereocenters. The molecule has 0 saturated carbocycles. The second kappa shape index (κ2) is 26.9.